The number of nitrogens with zero attached hydrogens (tertiary/aromatic N) is 3. The van der Waals surface area contributed by atoms with Crippen LogP contribution in [0.1, 0.15) is 80.5 Å². The normalized spacial score (nSPS) is 15.8. The number of benzene rings is 5. The smallest absolute Gasteiger partial charge is 0.317 e. The SMILES string of the molecule is CC(=O)CBr.Cc1ccc(N)c(N)c1.Cc1ccc2nc(CN3CCC(Cc4ccccc4)CC3)[nH]c2c1.O=C(O)CN1CCC(Cc2ccccc2)CC1.[HH].c1ccc(CC2CCNCC2)cc1. The van der Waals surface area contributed by atoms with E-state index in [1.807, 2.05) is 36.1 Å². The van der Waals surface area contributed by atoms with Crippen molar-refractivity contribution in [3.8, 4) is 0 Å². The number of nitrogens with one attached hydrogen (secondary N) is 2. The molecule has 0 unspecified atom stereocenters. The summed E-state index contributed by atoms with van der Waals surface area (Å²) in [5, 5.41) is 12.6. The number of hydrogen-bond donors (Lipinski definition) is 5. The lowest BCUT2D eigenvalue weighted by molar-refractivity contribution is -0.138. The minimum Gasteiger partial charge on any atom is -0.480 e. The van der Waals surface area contributed by atoms with Crippen LogP contribution in [0.4, 0.5) is 11.4 Å². The van der Waals surface area contributed by atoms with Crippen molar-refractivity contribution in [3.63, 3.8) is 0 Å². The van der Waals surface area contributed by atoms with Crippen LogP contribution < -0.4 is 16.8 Å². The molecular formula is C57H78BrN7O3. The van der Waals surface area contributed by atoms with Crippen molar-refractivity contribution in [1.82, 2.24) is 25.1 Å². The number of fused-ring (bicyclic) bond motifs is 1. The Morgan fingerprint density at radius 3 is 1.53 bits per heavy atom. The molecule has 0 amide bonds. The number of anilines is 2. The first kappa shape index (κ1) is 53.6. The monoisotopic (exact) mass is 988 g/mol. The van der Waals surface area contributed by atoms with Crippen molar-refractivity contribution in [2.75, 3.05) is 62.6 Å². The Morgan fingerprint density at radius 1 is 0.647 bits per heavy atom. The van der Waals surface area contributed by atoms with Gasteiger partial charge in [-0.1, -0.05) is 119 Å². The fourth-order valence-corrected chi connectivity index (χ4v) is 8.97. The van der Waals surface area contributed by atoms with Crippen molar-refractivity contribution >= 4 is 50.1 Å². The number of piperidine rings is 3. The number of carboxylic acids is 1. The predicted molar refractivity (Wildman–Crippen MR) is 288 cm³/mol. The Kier molecular flexibility index (Phi) is 23.3. The lowest BCUT2D eigenvalue weighted by atomic mass is 9.90. The van der Waals surface area contributed by atoms with Gasteiger partial charge in [-0.3, -0.25) is 19.4 Å². The predicted octanol–water partition coefficient (Wildman–Crippen LogP) is 11.0. The molecule has 11 heteroatoms. The van der Waals surface area contributed by atoms with Crippen LogP contribution >= 0.6 is 15.9 Å². The highest BCUT2D eigenvalue weighted by Crippen LogP contribution is 2.24. The summed E-state index contributed by atoms with van der Waals surface area (Å²) in [6.07, 6.45) is 11.1. The summed E-state index contributed by atoms with van der Waals surface area (Å²) in [4.78, 5) is 33.1. The van der Waals surface area contributed by atoms with E-state index in [9.17, 15) is 9.59 Å². The van der Waals surface area contributed by atoms with E-state index < -0.39 is 5.97 Å². The Balaban J connectivity index is 0.000000203. The number of nitrogen functional groups attached to an aromatic ring is 2. The second kappa shape index (κ2) is 29.5. The van der Waals surface area contributed by atoms with Gasteiger partial charge < -0.3 is 26.9 Å². The maximum atomic E-state index is 10.6. The molecule has 366 valence electrons. The van der Waals surface area contributed by atoms with Gasteiger partial charge in [0.1, 0.15) is 11.6 Å². The molecule has 1 aromatic heterocycles. The number of alkyl halides is 1. The number of likely N-dealkylation sites (tertiary alicyclic amines) is 2. The number of hydrogen-bond acceptors (Lipinski definition) is 8. The molecule has 4 heterocycles. The quantitative estimate of drug-likeness (QED) is 0.0631. The molecule has 0 aliphatic carbocycles. The Labute approximate surface area is 415 Å². The van der Waals surface area contributed by atoms with Crippen molar-refractivity contribution in [2.24, 2.45) is 17.8 Å². The molecule has 7 N–H and O–H groups in total. The van der Waals surface area contributed by atoms with Crippen LogP contribution in [-0.4, -0.2) is 87.8 Å². The number of aromatic nitrogens is 2. The molecule has 10 nitrogen and oxygen atoms in total. The molecule has 3 fully saturated rings. The molecule has 3 aliphatic rings. The molecule has 3 saturated heterocycles. The van der Waals surface area contributed by atoms with Crippen molar-refractivity contribution in [3.05, 3.63) is 161 Å². The molecule has 0 atom stereocenters. The molecule has 0 spiro atoms. The van der Waals surface area contributed by atoms with Crippen LogP contribution in [0.5, 0.6) is 0 Å². The van der Waals surface area contributed by atoms with Gasteiger partial charge in [-0.05, 0) is 188 Å². The van der Waals surface area contributed by atoms with Crippen LogP contribution in [0.15, 0.2) is 127 Å². The van der Waals surface area contributed by atoms with Gasteiger partial charge in [0, 0.05) is 1.43 Å². The van der Waals surface area contributed by atoms with E-state index in [0.717, 1.165) is 73.2 Å². The van der Waals surface area contributed by atoms with E-state index in [1.54, 1.807) is 0 Å². The third-order valence-corrected chi connectivity index (χ3v) is 13.6. The van der Waals surface area contributed by atoms with Crippen molar-refractivity contribution in [1.29, 1.82) is 0 Å². The summed E-state index contributed by atoms with van der Waals surface area (Å²) in [6, 6.07) is 44.3. The summed E-state index contributed by atoms with van der Waals surface area (Å²) < 4.78 is 0. The highest BCUT2D eigenvalue weighted by Gasteiger charge is 2.22. The average Bonchev–Trinajstić information content (AvgIpc) is 3.75. The van der Waals surface area contributed by atoms with Gasteiger partial charge in [-0.2, -0.15) is 0 Å². The van der Waals surface area contributed by atoms with Crippen LogP contribution in [0, 0.1) is 31.6 Å². The second-order valence-electron chi connectivity index (χ2n) is 18.8. The first-order valence-electron chi connectivity index (χ1n) is 24.5. The van der Waals surface area contributed by atoms with Gasteiger partial charge in [0.2, 0.25) is 0 Å². The molecule has 9 rings (SSSR count). The second-order valence-corrected chi connectivity index (χ2v) is 19.3. The van der Waals surface area contributed by atoms with E-state index in [4.69, 9.17) is 21.6 Å². The number of carboxylic acid groups (broad SMARTS) is 1. The van der Waals surface area contributed by atoms with Crippen molar-refractivity contribution in [2.45, 2.75) is 85.1 Å². The van der Waals surface area contributed by atoms with Gasteiger partial charge >= 0.3 is 5.97 Å². The zero-order valence-corrected chi connectivity index (χ0v) is 42.3. The fraction of sp³-hybridized carbons (Fsp3) is 0.421. The molecule has 5 aromatic carbocycles. The fourth-order valence-electron chi connectivity index (χ4n) is 8.97. The van der Waals surface area contributed by atoms with Crippen LogP contribution in [-0.2, 0) is 35.4 Å². The average molecular weight is 989 g/mol. The van der Waals surface area contributed by atoms with E-state index >= 15 is 0 Å². The Morgan fingerprint density at radius 2 is 1.09 bits per heavy atom. The van der Waals surface area contributed by atoms with E-state index in [1.165, 1.54) is 93.9 Å². The minimum atomic E-state index is -0.716. The largest absolute Gasteiger partial charge is 0.480 e. The molecule has 0 bridgehead atoms. The standard InChI is InChI=1S/C21H25N3.C14H19NO2.C12H17N.C7H10N2.C3H5BrO.H2/c1-16-7-8-19-20(13-16)23-21(22-19)15-24-11-9-18(10-12-24)14-17-5-3-2-4-6-17;16-14(17)11-15-8-6-13(7-9-15)10-12-4-2-1-3-5-12;1-2-4-11(5-3-1)10-12-6-8-13-9-7-12;1-5-2-3-6(8)7(9)4-5;1-3(5)2-4;/h2-8,13,18H,9-12,14-15H2,1H3,(H,22,23);1-5,13H,6-11H2,(H,16,17);1-5,12-13H,6-10H2;2-4H,8-9H2,1H3;2H2,1H3;1H. The number of carbonyl (C=O) groups excluding carboxylic acids is 1. The molecule has 0 radical (unpaired) electrons. The van der Waals surface area contributed by atoms with Gasteiger partial charge in [-0.15, -0.1) is 0 Å². The lowest BCUT2D eigenvalue weighted by Crippen LogP contribution is -2.37. The number of rotatable bonds is 11. The van der Waals surface area contributed by atoms with Crippen LogP contribution in [0.25, 0.3) is 11.0 Å². The molecule has 68 heavy (non-hydrogen) atoms. The number of aryl methyl sites for hydroxylation is 2. The number of imidazole rings is 1. The molecule has 6 aromatic rings. The van der Waals surface area contributed by atoms with Gasteiger partial charge in [0.25, 0.3) is 0 Å². The first-order chi connectivity index (χ1) is 32.9. The third-order valence-electron chi connectivity index (χ3n) is 12.8. The van der Waals surface area contributed by atoms with Crippen LogP contribution in [0.3, 0.4) is 0 Å². The lowest BCUT2D eigenvalue weighted by Gasteiger charge is -2.31. The van der Waals surface area contributed by atoms with Gasteiger partial charge in [0.05, 0.1) is 40.8 Å². The maximum Gasteiger partial charge on any atom is 0.317 e. The summed E-state index contributed by atoms with van der Waals surface area (Å²) >= 11 is 2.96. The Hall–Kier alpha value is -5.33. The zero-order valence-electron chi connectivity index (χ0n) is 40.7. The van der Waals surface area contributed by atoms with Gasteiger partial charge in [-0.25, -0.2) is 4.98 Å². The maximum absolute atomic E-state index is 10.6. The van der Waals surface area contributed by atoms with E-state index in [0.29, 0.717) is 22.6 Å². The summed E-state index contributed by atoms with van der Waals surface area (Å²) in [5.74, 6) is 2.99. The number of ketones is 1. The Bertz CT molecular complexity index is 2350. The number of aliphatic carboxylic acids is 1. The van der Waals surface area contributed by atoms with E-state index in [2.05, 4.69) is 141 Å². The van der Waals surface area contributed by atoms with E-state index in [-0.39, 0.29) is 13.8 Å². The van der Waals surface area contributed by atoms with Crippen LogP contribution in [0.2, 0.25) is 0 Å². The summed E-state index contributed by atoms with van der Waals surface area (Å²) in [5.41, 5.74) is 21.3. The number of nitrogens with two attached hydrogens (primary N) is 2. The summed E-state index contributed by atoms with van der Waals surface area (Å²) in [7, 11) is 0. The highest BCUT2D eigenvalue weighted by atomic mass is 79.9. The molecular weight excluding hydrogens is 911 g/mol. The summed E-state index contributed by atoms with van der Waals surface area (Å²) in [6.45, 7) is 13.4. The van der Waals surface area contributed by atoms with Crippen molar-refractivity contribution < 1.29 is 16.1 Å². The number of H-pyrrole nitrogens is 1. The first-order valence-corrected chi connectivity index (χ1v) is 25.7. The number of carbonyl (C=O) groups is 2. The third kappa shape index (κ3) is 20.5. The topological polar surface area (TPSA) is 154 Å². The molecule has 0 saturated carbocycles. The van der Waals surface area contributed by atoms with Gasteiger partial charge in [0.15, 0.2) is 0 Å². The zero-order chi connectivity index (χ0) is 48.5. The highest BCUT2D eigenvalue weighted by molar-refractivity contribution is 9.09. The number of Topliss-reactive ketones (excluding diaryl/α,β-unsaturated/α-hetero) is 1. The minimum absolute atomic E-state index is 0. The number of halogens is 1. The number of aromatic amines is 1. The molecule has 3 aliphatic heterocycles.